The van der Waals surface area contributed by atoms with Crippen molar-refractivity contribution < 1.29 is 4.79 Å². The van der Waals surface area contributed by atoms with Crippen LogP contribution in [-0.4, -0.2) is 21.2 Å². The lowest BCUT2D eigenvalue weighted by Crippen LogP contribution is -2.28. The van der Waals surface area contributed by atoms with E-state index in [2.05, 4.69) is 51.6 Å². The highest BCUT2D eigenvalue weighted by molar-refractivity contribution is 9.10. The van der Waals surface area contributed by atoms with Crippen molar-refractivity contribution in [3.05, 3.63) is 45.7 Å². The summed E-state index contributed by atoms with van der Waals surface area (Å²) in [5.41, 5.74) is 3.31. The molecule has 1 aromatic heterocycles. The maximum absolute atomic E-state index is 12.3. The number of nitrogens with zero attached hydrogens (tertiary/aromatic N) is 2. The number of halogens is 1. The van der Waals surface area contributed by atoms with Gasteiger partial charge in [0.1, 0.15) is 0 Å². The number of aryl methyl sites for hydroxylation is 1. The van der Waals surface area contributed by atoms with Crippen LogP contribution in [0.3, 0.4) is 0 Å². The van der Waals surface area contributed by atoms with Crippen molar-refractivity contribution in [2.24, 2.45) is 5.92 Å². The van der Waals surface area contributed by atoms with Gasteiger partial charge in [-0.1, -0.05) is 53.7 Å². The van der Waals surface area contributed by atoms with Gasteiger partial charge in [-0.3, -0.25) is 4.79 Å². The van der Waals surface area contributed by atoms with Gasteiger partial charge in [0, 0.05) is 16.7 Å². The molecule has 0 aliphatic rings. The Hall–Kier alpha value is -1.27. The van der Waals surface area contributed by atoms with Gasteiger partial charge < -0.3 is 9.88 Å². The molecule has 1 N–H and O–H groups in total. The van der Waals surface area contributed by atoms with E-state index in [0.29, 0.717) is 11.7 Å². The SMILES string of the molecule is Cc1nc(SCC(=O)NC(C)c2ccc(Br)cc2)n(CC(C)C)c1C. The van der Waals surface area contributed by atoms with Crippen LogP contribution >= 0.6 is 27.7 Å². The van der Waals surface area contributed by atoms with Crippen molar-refractivity contribution in [2.75, 3.05) is 5.75 Å². The van der Waals surface area contributed by atoms with Gasteiger partial charge in [-0.05, 0) is 44.4 Å². The molecule has 136 valence electrons. The molecule has 0 aliphatic carbocycles. The third-order valence-electron chi connectivity index (χ3n) is 4.05. The van der Waals surface area contributed by atoms with E-state index >= 15 is 0 Å². The number of thioether (sulfide) groups is 1. The molecule has 1 atom stereocenters. The highest BCUT2D eigenvalue weighted by atomic mass is 79.9. The average Bonchev–Trinajstić information content (AvgIpc) is 2.81. The number of amides is 1. The number of hydrogen-bond acceptors (Lipinski definition) is 3. The summed E-state index contributed by atoms with van der Waals surface area (Å²) in [6, 6.07) is 8.00. The fraction of sp³-hybridized carbons (Fsp3) is 0.474. The number of hydrogen-bond donors (Lipinski definition) is 1. The molecule has 0 saturated carbocycles. The smallest absolute Gasteiger partial charge is 0.230 e. The fourth-order valence-corrected chi connectivity index (χ4v) is 3.74. The van der Waals surface area contributed by atoms with E-state index in [9.17, 15) is 4.79 Å². The number of imidazole rings is 1. The first-order chi connectivity index (χ1) is 11.8. The van der Waals surface area contributed by atoms with E-state index in [1.165, 1.54) is 17.5 Å². The van der Waals surface area contributed by atoms with Gasteiger partial charge in [0.15, 0.2) is 5.16 Å². The Bertz CT molecular complexity index is 725. The van der Waals surface area contributed by atoms with Gasteiger partial charge in [-0.2, -0.15) is 0 Å². The molecule has 0 saturated heterocycles. The van der Waals surface area contributed by atoms with Crippen molar-refractivity contribution in [3.63, 3.8) is 0 Å². The number of aromatic nitrogens is 2. The van der Waals surface area contributed by atoms with E-state index in [4.69, 9.17) is 0 Å². The first kappa shape index (κ1) is 20.0. The Morgan fingerprint density at radius 1 is 1.24 bits per heavy atom. The zero-order valence-electron chi connectivity index (χ0n) is 15.5. The highest BCUT2D eigenvalue weighted by Crippen LogP contribution is 2.23. The third kappa shape index (κ3) is 5.61. The second-order valence-corrected chi connectivity index (χ2v) is 8.56. The molecule has 0 bridgehead atoms. The Labute approximate surface area is 162 Å². The summed E-state index contributed by atoms with van der Waals surface area (Å²) in [7, 11) is 0. The summed E-state index contributed by atoms with van der Waals surface area (Å²) >= 11 is 4.93. The lowest BCUT2D eigenvalue weighted by atomic mass is 10.1. The van der Waals surface area contributed by atoms with Gasteiger partial charge in [0.05, 0.1) is 17.5 Å². The van der Waals surface area contributed by atoms with Gasteiger partial charge in [-0.15, -0.1) is 0 Å². The van der Waals surface area contributed by atoms with Gasteiger partial charge in [0.2, 0.25) is 5.91 Å². The molecule has 0 radical (unpaired) electrons. The minimum Gasteiger partial charge on any atom is -0.349 e. The average molecular weight is 424 g/mol. The molecule has 1 unspecified atom stereocenters. The summed E-state index contributed by atoms with van der Waals surface area (Å²) in [6.07, 6.45) is 0. The summed E-state index contributed by atoms with van der Waals surface area (Å²) < 4.78 is 3.25. The molecule has 1 aromatic carbocycles. The molecular formula is C19H26BrN3OS. The Balaban J connectivity index is 1.96. The lowest BCUT2D eigenvalue weighted by Gasteiger charge is -2.15. The van der Waals surface area contributed by atoms with Crippen LogP contribution < -0.4 is 5.32 Å². The van der Waals surface area contributed by atoms with Crippen LogP contribution in [0.2, 0.25) is 0 Å². The Kier molecular flexibility index (Phi) is 7.14. The molecule has 1 heterocycles. The van der Waals surface area contributed by atoms with Crippen LogP contribution in [0.15, 0.2) is 33.9 Å². The van der Waals surface area contributed by atoms with E-state index in [0.717, 1.165) is 27.4 Å². The summed E-state index contributed by atoms with van der Waals surface area (Å²) in [5, 5.41) is 3.98. The molecule has 25 heavy (non-hydrogen) atoms. The zero-order chi connectivity index (χ0) is 18.6. The van der Waals surface area contributed by atoms with Crippen LogP contribution in [0.1, 0.15) is 43.8 Å². The molecule has 2 aromatic rings. The van der Waals surface area contributed by atoms with E-state index in [1.807, 2.05) is 38.1 Å². The maximum Gasteiger partial charge on any atom is 0.230 e. The first-order valence-electron chi connectivity index (χ1n) is 8.49. The second-order valence-electron chi connectivity index (χ2n) is 6.70. The predicted molar refractivity (Wildman–Crippen MR) is 108 cm³/mol. The normalized spacial score (nSPS) is 12.4. The topological polar surface area (TPSA) is 46.9 Å². The molecule has 1 amide bonds. The molecule has 2 rings (SSSR count). The van der Waals surface area contributed by atoms with Crippen LogP contribution in [0.25, 0.3) is 0 Å². The van der Waals surface area contributed by atoms with Gasteiger partial charge in [-0.25, -0.2) is 4.98 Å². The molecule has 6 heteroatoms. The van der Waals surface area contributed by atoms with Gasteiger partial charge >= 0.3 is 0 Å². The maximum atomic E-state index is 12.3. The van der Waals surface area contributed by atoms with Crippen LogP contribution in [0.5, 0.6) is 0 Å². The molecule has 4 nitrogen and oxygen atoms in total. The van der Waals surface area contributed by atoms with E-state index < -0.39 is 0 Å². The minimum atomic E-state index is -0.0138. The number of nitrogens with one attached hydrogen (secondary N) is 1. The largest absolute Gasteiger partial charge is 0.349 e. The lowest BCUT2D eigenvalue weighted by molar-refractivity contribution is -0.119. The molecule has 0 fully saturated rings. The molecule has 0 aliphatic heterocycles. The molecular weight excluding hydrogens is 398 g/mol. The van der Waals surface area contributed by atoms with Crippen LogP contribution in [0.4, 0.5) is 0 Å². The first-order valence-corrected chi connectivity index (χ1v) is 10.3. The summed E-state index contributed by atoms with van der Waals surface area (Å²) in [5.74, 6) is 0.933. The van der Waals surface area contributed by atoms with Crippen molar-refractivity contribution in [1.29, 1.82) is 0 Å². The van der Waals surface area contributed by atoms with Crippen molar-refractivity contribution in [1.82, 2.24) is 14.9 Å². The number of rotatable bonds is 7. The highest BCUT2D eigenvalue weighted by Gasteiger charge is 2.15. The zero-order valence-corrected chi connectivity index (χ0v) is 17.9. The Morgan fingerprint density at radius 2 is 1.88 bits per heavy atom. The number of carbonyl (C=O) groups excluding carboxylic acids is 1. The van der Waals surface area contributed by atoms with Crippen LogP contribution in [0, 0.1) is 19.8 Å². The minimum absolute atomic E-state index is 0.0138. The van der Waals surface area contributed by atoms with Crippen molar-refractivity contribution >= 4 is 33.6 Å². The monoisotopic (exact) mass is 423 g/mol. The van der Waals surface area contributed by atoms with Crippen molar-refractivity contribution in [3.8, 4) is 0 Å². The van der Waals surface area contributed by atoms with E-state index in [-0.39, 0.29) is 11.9 Å². The number of carbonyl (C=O) groups is 1. The fourth-order valence-electron chi connectivity index (χ4n) is 2.56. The van der Waals surface area contributed by atoms with Crippen molar-refractivity contribution in [2.45, 2.75) is 52.4 Å². The second kappa shape index (κ2) is 8.90. The summed E-state index contributed by atoms with van der Waals surface area (Å²) in [4.78, 5) is 16.9. The van der Waals surface area contributed by atoms with Crippen LogP contribution in [-0.2, 0) is 11.3 Å². The number of benzene rings is 1. The van der Waals surface area contributed by atoms with E-state index in [1.54, 1.807) is 0 Å². The Morgan fingerprint density at radius 3 is 2.48 bits per heavy atom. The molecule has 0 spiro atoms. The third-order valence-corrected chi connectivity index (χ3v) is 5.56. The predicted octanol–water partition coefficient (Wildman–Crippen LogP) is 4.89. The quantitative estimate of drug-likeness (QED) is 0.644. The standard InChI is InChI=1S/C19H26BrN3OS/c1-12(2)10-23-15(5)13(3)22-19(23)25-11-18(24)21-14(4)16-6-8-17(20)9-7-16/h6-9,12,14H,10-11H2,1-5H3,(H,21,24). The summed E-state index contributed by atoms with van der Waals surface area (Å²) in [6.45, 7) is 11.4. The van der Waals surface area contributed by atoms with Gasteiger partial charge in [0.25, 0.3) is 0 Å².